The number of amides is 1. The topological polar surface area (TPSA) is 99.3 Å². The van der Waals surface area contributed by atoms with Gasteiger partial charge in [-0.25, -0.2) is 0 Å². The Morgan fingerprint density at radius 2 is 2.00 bits per heavy atom. The molecule has 1 amide bonds. The highest BCUT2D eigenvalue weighted by atomic mass is 16.4. The van der Waals surface area contributed by atoms with Crippen LogP contribution in [0.3, 0.4) is 0 Å². The average molecular weight is 278 g/mol. The molecule has 1 aliphatic rings. The fraction of sp³-hybridized carbons (Fsp3) is 0.500. The van der Waals surface area contributed by atoms with Gasteiger partial charge in [0, 0.05) is 11.7 Å². The lowest BCUT2D eigenvalue weighted by Gasteiger charge is -2.29. The molecule has 2 unspecified atom stereocenters. The molecule has 2 atom stereocenters. The van der Waals surface area contributed by atoms with Gasteiger partial charge in [0.25, 0.3) is 11.5 Å². The highest BCUT2D eigenvalue weighted by Crippen LogP contribution is 2.24. The standard InChI is InChI=1S/C14H18N2O4/c1-8-6-7-10(12(17)15-8)13(18)16-11-5-3-2-4-9(11)14(19)20/h6-7,9,11H,2-5H2,1H3,(H,15,17)(H,16,18)(H,19,20). The van der Waals surface area contributed by atoms with Crippen LogP contribution in [-0.2, 0) is 4.79 Å². The minimum Gasteiger partial charge on any atom is -0.481 e. The number of pyridine rings is 1. The van der Waals surface area contributed by atoms with E-state index in [0.29, 0.717) is 18.5 Å². The van der Waals surface area contributed by atoms with E-state index in [1.807, 2.05) is 0 Å². The number of carboxylic acids is 1. The van der Waals surface area contributed by atoms with Crippen LogP contribution < -0.4 is 10.9 Å². The van der Waals surface area contributed by atoms with Gasteiger partial charge < -0.3 is 15.4 Å². The van der Waals surface area contributed by atoms with Crippen LogP contribution in [0.15, 0.2) is 16.9 Å². The van der Waals surface area contributed by atoms with Crippen LogP contribution >= 0.6 is 0 Å². The number of rotatable bonds is 3. The second-order valence-electron chi connectivity index (χ2n) is 5.19. The van der Waals surface area contributed by atoms with Gasteiger partial charge in [-0.05, 0) is 31.9 Å². The third-order valence-electron chi connectivity index (χ3n) is 3.70. The van der Waals surface area contributed by atoms with E-state index in [1.54, 1.807) is 13.0 Å². The first-order valence-electron chi connectivity index (χ1n) is 6.72. The molecule has 1 fully saturated rings. The van der Waals surface area contributed by atoms with Gasteiger partial charge in [0.05, 0.1) is 5.92 Å². The van der Waals surface area contributed by atoms with E-state index >= 15 is 0 Å². The number of hydrogen-bond acceptors (Lipinski definition) is 3. The van der Waals surface area contributed by atoms with Crippen LogP contribution in [0, 0.1) is 12.8 Å². The van der Waals surface area contributed by atoms with E-state index < -0.39 is 29.4 Å². The lowest BCUT2D eigenvalue weighted by atomic mass is 9.84. The summed E-state index contributed by atoms with van der Waals surface area (Å²) in [5.74, 6) is -1.98. The van der Waals surface area contributed by atoms with Crippen LogP contribution in [0.1, 0.15) is 41.7 Å². The maximum absolute atomic E-state index is 12.1. The van der Waals surface area contributed by atoms with Crippen molar-refractivity contribution in [2.24, 2.45) is 5.92 Å². The third-order valence-corrected chi connectivity index (χ3v) is 3.70. The molecular formula is C14H18N2O4. The highest BCUT2D eigenvalue weighted by molar-refractivity contribution is 5.94. The Morgan fingerprint density at radius 3 is 2.65 bits per heavy atom. The number of aryl methyl sites for hydroxylation is 1. The molecule has 0 bridgehead atoms. The van der Waals surface area contributed by atoms with Gasteiger partial charge in [-0.15, -0.1) is 0 Å². The van der Waals surface area contributed by atoms with Crippen molar-refractivity contribution in [3.63, 3.8) is 0 Å². The average Bonchev–Trinajstić information content (AvgIpc) is 2.38. The summed E-state index contributed by atoms with van der Waals surface area (Å²) in [5.41, 5.74) is 0.239. The van der Waals surface area contributed by atoms with E-state index in [9.17, 15) is 14.4 Å². The minimum absolute atomic E-state index is 0.0188. The monoisotopic (exact) mass is 278 g/mol. The second-order valence-corrected chi connectivity index (χ2v) is 5.19. The number of aromatic nitrogens is 1. The summed E-state index contributed by atoms with van der Waals surface area (Å²) in [4.78, 5) is 37.5. The maximum atomic E-state index is 12.1. The van der Waals surface area contributed by atoms with Crippen molar-refractivity contribution in [2.45, 2.75) is 38.6 Å². The minimum atomic E-state index is -0.896. The summed E-state index contributed by atoms with van der Waals surface area (Å²) < 4.78 is 0. The molecule has 1 aliphatic carbocycles. The van der Waals surface area contributed by atoms with Gasteiger partial charge in [0.15, 0.2) is 0 Å². The number of carbonyl (C=O) groups is 2. The molecular weight excluding hydrogens is 260 g/mol. The number of carbonyl (C=O) groups excluding carboxylic acids is 1. The largest absolute Gasteiger partial charge is 0.481 e. The van der Waals surface area contributed by atoms with Crippen molar-refractivity contribution in [3.8, 4) is 0 Å². The van der Waals surface area contributed by atoms with Crippen molar-refractivity contribution < 1.29 is 14.7 Å². The summed E-state index contributed by atoms with van der Waals surface area (Å²) in [7, 11) is 0. The van der Waals surface area contributed by atoms with Gasteiger partial charge in [0.2, 0.25) is 0 Å². The molecule has 20 heavy (non-hydrogen) atoms. The van der Waals surface area contributed by atoms with Crippen molar-refractivity contribution in [1.82, 2.24) is 10.3 Å². The number of H-pyrrole nitrogens is 1. The third kappa shape index (κ3) is 3.07. The van der Waals surface area contributed by atoms with E-state index in [4.69, 9.17) is 5.11 Å². The number of aromatic amines is 1. The molecule has 1 saturated carbocycles. The van der Waals surface area contributed by atoms with Crippen LogP contribution in [0.5, 0.6) is 0 Å². The van der Waals surface area contributed by atoms with Gasteiger partial charge in [-0.1, -0.05) is 12.8 Å². The quantitative estimate of drug-likeness (QED) is 0.769. The first-order valence-corrected chi connectivity index (χ1v) is 6.72. The molecule has 0 aromatic carbocycles. The van der Waals surface area contributed by atoms with Crippen molar-refractivity contribution in [1.29, 1.82) is 0 Å². The first kappa shape index (κ1) is 14.3. The van der Waals surface area contributed by atoms with Gasteiger partial charge in [-0.2, -0.15) is 0 Å². The van der Waals surface area contributed by atoms with Gasteiger partial charge >= 0.3 is 5.97 Å². The zero-order valence-corrected chi connectivity index (χ0v) is 11.3. The Balaban J connectivity index is 2.13. The van der Waals surface area contributed by atoms with Crippen LogP contribution in [0.2, 0.25) is 0 Å². The van der Waals surface area contributed by atoms with Gasteiger partial charge in [0.1, 0.15) is 5.56 Å². The Kier molecular flexibility index (Phi) is 4.22. The normalized spacial score (nSPS) is 22.2. The number of nitrogens with one attached hydrogen (secondary N) is 2. The molecule has 0 aliphatic heterocycles. The lowest BCUT2D eigenvalue weighted by Crippen LogP contribution is -2.46. The molecule has 0 saturated heterocycles. The molecule has 0 spiro atoms. The fourth-order valence-corrected chi connectivity index (χ4v) is 2.60. The number of carboxylic acid groups (broad SMARTS) is 1. The predicted octanol–water partition coefficient (Wildman–Crippen LogP) is 1.06. The zero-order chi connectivity index (χ0) is 14.7. The summed E-state index contributed by atoms with van der Waals surface area (Å²) >= 11 is 0. The highest BCUT2D eigenvalue weighted by Gasteiger charge is 2.32. The molecule has 0 radical (unpaired) electrons. The summed E-state index contributed by atoms with van der Waals surface area (Å²) in [6.07, 6.45) is 2.93. The van der Waals surface area contributed by atoms with Crippen molar-refractivity contribution in [3.05, 3.63) is 33.7 Å². The SMILES string of the molecule is Cc1ccc(C(=O)NC2CCCCC2C(=O)O)c(=O)[nH]1. The zero-order valence-electron chi connectivity index (χ0n) is 11.3. The Morgan fingerprint density at radius 1 is 1.30 bits per heavy atom. The van der Waals surface area contributed by atoms with E-state index in [-0.39, 0.29) is 5.56 Å². The Bertz CT molecular complexity index is 579. The first-order chi connectivity index (χ1) is 9.49. The summed E-state index contributed by atoms with van der Waals surface area (Å²) in [6.45, 7) is 1.73. The van der Waals surface area contributed by atoms with E-state index in [2.05, 4.69) is 10.3 Å². The van der Waals surface area contributed by atoms with Crippen LogP contribution in [0.4, 0.5) is 0 Å². The van der Waals surface area contributed by atoms with E-state index in [1.165, 1.54) is 6.07 Å². The Hall–Kier alpha value is -2.11. The molecule has 6 heteroatoms. The summed E-state index contributed by atoms with van der Waals surface area (Å²) in [6, 6.07) is 2.70. The predicted molar refractivity (Wildman–Crippen MR) is 72.6 cm³/mol. The van der Waals surface area contributed by atoms with Gasteiger partial charge in [-0.3, -0.25) is 14.4 Å². The Labute approximate surface area is 116 Å². The molecule has 1 aromatic rings. The maximum Gasteiger partial charge on any atom is 0.308 e. The fourth-order valence-electron chi connectivity index (χ4n) is 2.60. The lowest BCUT2D eigenvalue weighted by molar-refractivity contribution is -0.143. The van der Waals surface area contributed by atoms with Crippen LogP contribution in [-0.4, -0.2) is 28.0 Å². The number of aliphatic carboxylic acids is 1. The second kappa shape index (κ2) is 5.90. The molecule has 3 N–H and O–H groups in total. The van der Waals surface area contributed by atoms with Crippen LogP contribution in [0.25, 0.3) is 0 Å². The molecule has 108 valence electrons. The molecule has 1 heterocycles. The van der Waals surface area contributed by atoms with E-state index in [0.717, 1.165) is 12.8 Å². The molecule has 2 rings (SSSR count). The smallest absolute Gasteiger partial charge is 0.308 e. The molecule has 6 nitrogen and oxygen atoms in total. The molecule has 1 aromatic heterocycles. The van der Waals surface area contributed by atoms with Crippen molar-refractivity contribution in [2.75, 3.05) is 0 Å². The summed E-state index contributed by atoms with van der Waals surface area (Å²) in [5, 5.41) is 11.9. The number of hydrogen-bond donors (Lipinski definition) is 3. The van der Waals surface area contributed by atoms with Crippen molar-refractivity contribution >= 4 is 11.9 Å².